The first-order valence-corrected chi connectivity index (χ1v) is 8.44. The van der Waals surface area contributed by atoms with Gasteiger partial charge in [0.2, 0.25) is 0 Å². The van der Waals surface area contributed by atoms with Gasteiger partial charge >= 0.3 is 0 Å². The van der Waals surface area contributed by atoms with Gasteiger partial charge in [0.15, 0.2) is 0 Å². The molecule has 1 aromatic carbocycles. The summed E-state index contributed by atoms with van der Waals surface area (Å²) in [6.45, 7) is 2.72. The molecule has 0 aliphatic rings. The van der Waals surface area contributed by atoms with Crippen LogP contribution in [0.3, 0.4) is 0 Å². The molecule has 0 fully saturated rings. The molecule has 1 heterocycles. The predicted octanol–water partition coefficient (Wildman–Crippen LogP) is 5.76. The van der Waals surface area contributed by atoms with E-state index in [0.29, 0.717) is 5.56 Å². The first-order chi connectivity index (χ1) is 9.04. The second-order valence-corrected chi connectivity index (χ2v) is 8.07. The largest absolute Gasteiger partial charge is 0.306 e. The average molecular weight is 428 g/mol. The molecule has 0 amide bonds. The van der Waals surface area contributed by atoms with Gasteiger partial charge in [-0.2, -0.15) is 0 Å². The molecule has 2 rings (SSSR count). The molecule has 102 valence electrons. The molecule has 6 heteroatoms. The minimum Gasteiger partial charge on any atom is -0.306 e. The van der Waals surface area contributed by atoms with Gasteiger partial charge in [-0.3, -0.25) is 0 Å². The van der Waals surface area contributed by atoms with Gasteiger partial charge in [0, 0.05) is 5.56 Å². The highest BCUT2D eigenvalue weighted by atomic mass is 79.9. The Balaban J connectivity index is 2.51. The third-order valence-electron chi connectivity index (χ3n) is 2.69. The van der Waals surface area contributed by atoms with Crippen LogP contribution in [0.2, 0.25) is 5.02 Å². The second kappa shape index (κ2) is 6.68. The lowest BCUT2D eigenvalue weighted by molar-refractivity contribution is 0.559. The zero-order valence-corrected chi connectivity index (χ0v) is 14.8. The third-order valence-corrected chi connectivity index (χ3v) is 5.37. The van der Waals surface area contributed by atoms with Crippen LogP contribution in [0.4, 0.5) is 4.39 Å². The summed E-state index contributed by atoms with van der Waals surface area (Å²) in [5, 5.41) is 3.44. The third kappa shape index (κ3) is 3.39. The SMILES string of the molecule is CCNC(c1cc(Br)sc1Br)c1cccc(Cl)c1F. The van der Waals surface area contributed by atoms with Crippen LogP contribution in [0.1, 0.15) is 24.1 Å². The molecule has 0 aliphatic heterocycles. The van der Waals surface area contributed by atoms with Crippen molar-refractivity contribution in [1.82, 2.24) is 5.32 Å². The highest BCUT2D eigenvalue weighted by Gasteiger charge is 2.22. The van der Waals surface area contributed by atoms with Crippen molar-refractivity contribution in [2.75, 3.05) is 6.54 Å². The number of nitrogens with one attached hydrogen (secondary N) is 1. The minimum absolute atomic E-state index is 0.144. The van der Waals surface area contributed by atoms with Crippen molar-refractivity contribution in [3.63, 3.8) is 0 Å². The highest BCUT2D eigenvalue weighted by Crippen LogP contribution is 2.39. The van der Waals surface area contributed by atoms with E-state index in [4.69, 9.17) is 11.6 Å². The van der Waals surface area contributed by atoms with Crippen LogP contribution < -0.4 is 5.32 Å². The van der Waals surface area contributed by atoms with Crippen LogP contribution in [-0.4, -0.2) is 6.54 Å². The summed E-state index contributed by atoms with van der Waals surface area (Å²) in [5.74, 6) is -0.371. The number of hydrogen-bond donors (Lipinski definition) is 1. The topological polar surface area (TPSA) is 12.0 Å². The molecule has 2 aromatic rings. The molecular weight excluding hydrogens is 416 g/mol. The Kier molecular flexibility index (Phi) is 5.43. The number of rotatable bonds is 4. The summed E-state index contributed by atoms with van der Waals surface area (Å²) in [6, 6.07) is 6.85. The summed E-state index contributed by atoms with van der Waals surface area (Å²) in [4.78, 5) is 0. The molecule has 1 aromatic heterocycles. The van der Waals surface area contributed by atoms with E-state index in [-0.39, 0.29) is 16.9 Å². The molecule has 0 bridgehead atoms. The maximum atomic E-state index is 14.2. The van der Waals surface area contributed by atoms with Gasteiger partial charge in [0.25, 0.3) is 0 Å². The van der Waals surface area contributed by atoms with Crippen molar-refractivity contribution in [2.24, 2.45) is 0 Å². The summed E-state index contributed by atoms with van der Waals surface area (Å²) in [7, 11) is 0. The second-order valence-electron chi connectivity index (χ2n) is 3.91. The molecule has 1 N–H and O–H groups in total. The van der Waals surface area contributed by atoms with Gasteiger partial charge in [0.1, 0.15) is 5.82 Å². The molecule has 19 heavy (non-hydrogen) atoms. The molecule has 1 atom stereocenters. The Labute approximate surface area is 137 Å². The molecule has 1 unspecified atom stereocenters. The Morgan fingerprint density at radius 3 is 2.68 bits per heavy atom. The van der Waals surface area contributed by atoms with Crippen molar-refractivity contribution in [3.05, 3.63) is 53.8 Å². The summed E-state index contributed by atoms with van der Waals surface area (Å²) in [6.07, 6.45) is 0. The smallest absolute Gasteiger partial charge is 0.146 e. The van der Waals surface area contributed by atoms with Gasteiger partial charge < -0.3 is 5.32 Å². The van der Waals surface area contributed by atoms with Gasteiger partial charge in [-0.05, 0) is 56.1 Å². The molecular formula is C13H11Br2ClFNS. The van der Waals surface area contributed by atoms with Crippen LogP contribution in [0.5, 0.6) is 0 Å². The van der Waals surface area contributed by atoms with Crippen molar-refractivity contribution in [1.29, 1.82) is 0 Å². The van der Waals surface area contributed by atoms with Crippen LogP contribution in [0.25, 0.3) is 0 Å². The molecule has 0 spiro atoms. The number of halogens is 4. The van der Waals surface area contributed by atoms with E-state index < -0.39 is 0 Å². The van der Waals surface area contributed by atoms with Gasteiger partial charge in [-0.15, -0.1) is 11.3 Å². The van der Waals surface area contributed by atoms with Crippen LogP contribution in [0.15, 0.2) is 31.8 Å². The normalized spacial score (nSPS) is 12.7. The molecule has 0 radical (unpaired) electrons. The van der Waals surface area contributed by atoms with Crippen LogP contribution >= 0.6 is 54.8 Å². The number of thiophene rings is 1. The number of hydrogen-bond acceptors (Lipinski definition) is 2. The molecule has 0 aliphatic carbocycles. The Hall–Kier alpha value is 0.0600. The molecule has 1 nitrogen and oxygen atoms in total. The van der Waals surface area contributed by atoms with E-state index >= 15 is 0 Å². The van der Waals surface area contributed by atoms with Crippen molar-refractivity contribution >= 4 is 54.8 Å². The first-order valence-electron chi connectivity index (χ1n) is 5.66. The van der Waals surface area contributed by atoms with E-state index in [1.807, 2.05) is 13.0 Å². The summed E-state index contributed by atoms with van der Waals surface area (Å²) >= 11 is 14.4. The van der Waals surface area contributed by atoms with E-state index in [1.165, 1.54) is 0 Å². The lowest BCUT2D eigenvalue weighted by Gasteiger charge is -2.19. The fourth-order valence-corrected chi connectivity index (χ4v) is 4.97. The lowest BCUT2D eigenvalue weighted by atomic mass is 10.0. The summed E-state index contributed by atoms with van der Waals surface area (Å²) in [5.41, 5.74) is 1.56. The quantitative estimate of drug-likeness (QED) is 0.654. The number of benzene rings is 1. The Bertz CT molecular complexity index is 588. The van der Waals surface area contributed by atoms with E-state index in [9.17, 15) is 4.39 Å². The van der Waals surface area contributed by atoms with E-state index in [1.54, 1.807) is 29.5 Å². The van der Waals surface area contributed by atoms with Crippen LogP contribution in [-0.2, 0) is 0 Å². The zero-order valence-electron chi connectivity index (χ0n) is 10.0. The van der Waals surface area contributed by atoms with Crippen molar-refractivity contribution < 1.29 is 4.39 Å². The maximum absolute atomic E-state index is 14.2. The molecule has 0 saturated carbocycles. The fraction of sp³-hybridized carbons (Fsp3) is 0.231. The first kappa shape index (κ1) is 15.4. The fourth-order valence-electron chi connectivity index (χ4n) is 1.88. The van der Waals surface area contributed by atoms with Gasteiger partial charge in [-0.1, -0.05) is 30.7 Å². The standard InChI is InChI=1S/C13H11Br2ClFNS/c1-2-18-12(8-6-10(14)19-13(8)15)7-4-3-5-9(16)11(7)17/h3-6,12,18H,2H2,1H3. The van der Waals surface area contributed by atoms with Gasteiger partial charge in [0.05, 0.1) is 18.6 Å². The summed E-state index contributed by atoms with van der Waals surface area (Å²) < 4.78 is 16.2. The van der Waals surface area contributed by atoms with Gasteiger partial charge in [-0.25, -0.2) is 4.39 Å². The van der Waals surface area contributed by atoms with Crippen LogP contribution in [0, 0.1) is 5.82 Å². The Morgan fingerprint density at radius 1 is 1.37 bits per heavy atom. The highest BCUT2D eigenvalue weighted by molar-refractivity contribution is 9.12. The maximum Gasteiger partial charge on any atom is 0.146 e. The van der Waals surface area contributed by atoms with E-state index in [2.05, 4.69) is 37.2 Å². The van der Waals surface area contributed by atoms with E-state index in [0.717, 1.165) is 19.7 Å². The monoisotopic (exact) mass is 425 g/mol. The van der Waals surface area contributed by atoms with Crippen molar-refractivity contribution in [2.45, 2.75) is 13.0 Å². The average Bonchev–Trinajstić information content (AvgIpc) is 2.69. The minimum atomic E-state index is -0.371. The van der Waals surface area contributed by atoms with Crippen molar-refractivity contribution in [3.8, 4) is 0 Å². The predicted molar refractivity (Wildman–Crippen MR) is 86.6 cm³/mol. The Morgan fingerprint density at radius 2 is 2.11 bits per heavy atom. The zero-order chi connectivity index (χ0) is 14.0. The lowest BCUT2D eigenvalue weighted by Crippen LogP contribution is -2.23. The molecule has 0 saturated heterocycles.